The molecule has 0 fully saturated rings. The number of ether oxygens (including phenoxy) is 1. The Morgan fingerprint density at radius 1 is 1.29 bits per heavy atom. The third kappa shape index (κ3) is 3.78. The highest BCUT2D eigenvalue weighted by Crippen LogP contribution is 2.30. The molecule has 0 atom stereocenters. The monoisotopic (exact) mass is 288 g/mol. The van der Waals surface area contributed by atoms with Crippen LogP contribution in [-0.4, -0.2) is 21.7 Å². The Balaban J connectivity index is 3.17. The lowest BCUT2D eigenvalue weighted by atomic mass is 10.3. The fraction of sp³-hybridized carbons (Fsp3) is 0.333. The standard InChI is InChI=1S/C9H8ClF3O3S/c10-17(14,15)8-5-6(12)4-7(13)9(8)16-3-1-2-11/h4-5H,1-3H2. The summed E-state index contributed by atoms with van der Waals surface area (Å²) in [6.07, 6.45) is -0.0431. The van der Waals surface area contributed by atoms with E-state index in [1.165, 1.54) is 0 Å². The highest BCUT2D eigenvalue weighted by atomic mass is 35.7. The van der Waals surface area contributed by atoms with Crippen molar-refractivity contribution in [3.63, 3.8) is 0 Å². The minimum absolute atomic E-state index is 0.0431. The van der Waals surface area contributed by atoms with Crippen LogP contribution in [0.1, 0.15) is 6.42 Å². The van der Waals surface area contributed by atoms with E-state index in [0.29, 0.717) is 12.1 Å². The van der Waals surface area contributed by atoms with Crippen LogP contribution in [0.5, 0.6) is 5.75 Å². The minimum atomic E-state index is -4.34. The lowest BCUT2D eigenvalue weighted by Crippen LogP contribution is -2.05. The second-order valence-electron chi connectivity index (χ2n) is 3.04. The van der Waals surface area contributed by atoms with Gasteiger partial charge in [-0.1, -0.05) is 0 Å². The van der Waals surface area contributed by atoms with Crippen molar-refractivity contribution in [3.8, 4) is 5.75 Å². The van der Waals surface area contributed by atoms with Gasteiger partial charge in [-0.3, -0.25) is 4.39 Å². The number of benzene rings is 1. The van der Waals surface area contributed by atoms with Gasteiger partial charge in [0.2, 0.25) is 0 Å². The van der Waals surface area contributed by atoms with Crippen molar-refractivity contribution in [2.24, 2.45) is 0 Å². The van der Waals surface area contributed by atoms with Gasteiger partial charge >= 0.3 is 0 Å². The summed E-state index contributed by atoms with van der Waals surface area (Å²) in [5, 5.41) is 0. The van der Waals surface area contributed by atoms with Crippen LogP contribution in [0.2, 0.25) is 0 Å². The number of hydrogen-bond acceptors (Lipinski definition) is 3. The molecule has 0 saturated heterocycles. The van der Waals surface area contributed by atoms with Crippen LogP contribution < -0.4 is 4.74 Å². The average molecular weight is 289 g/mol. The summed E-state index contributed by atoms with van der Waals surface area (Å²) < 4.78 is 64.8. The molecule has 1 aromatic carbocycles. The molecule has 0 unspecified atom stereocenters. The van der Waals surface area contributed by atoms with Crippen LogP contribution in [0, 0.1) is 11.6 Å². The molecule has 0 saturated carbocycles. The number of halogens is 4. The fourth-order valence-corrected chi connectivity index (χ4v) is 2.06. The van der Waals surface area contributed by atoms with Crippen molar-refractivity contribution in [2.45, 2.75) is 11.3 Å². The molecule has 96 valence electrons. The summed E-state index contributed by atoms with van der Waals surface area (Å²) in [7, 11) is 0.663. The molecular weight excluding hydrogens is 281 g/mol. The Morgan fingerprint density at radius 3 is 2.47 bits per heavy atom. The molecule has 0 amide bonds. The zero-order valence-corrected chi connectivity index (χ0v) is 9.99. The molecule has 3 nitrogen and oxygen atoms in total. The van der Waals surface area contributed by atoms with E-state index in [2.05, 4.69) is 0 Å². The van der Waals surface area contributed by atoms with Crippen LogP contribution in [0.25, 0.3) is 0 Å². The number of alkyl halides is 1. The van der Waals surface area contributed by atoms with Crippen LogP contribution in [0.3, 0.4) is 0 Å². The van der Waals surface area contributed by atoms with Crippen molar-refractivity contribution in [2.75, 3.05) is 13.3 Å². The zero-order chi connectivity index (χ0) is 13.1. The largest absolute Gasteiger partial charge is 0.489 e. The Morgan fingerprint density at radius 2 is 1.94 bits per heavy atom. The van der Waals surface area contributed by atoms with Crippen molar-refractivity contribution < 1.29 is 26.3 Å². The number of hydrogen-bond donors (Lipinski definition) is 0. The first kappa shape index (κ1) is 14.1. The molecule has 0 aliphatic rings. The second kappa shape index (κ2) is 5.59. The van der Waals surface area contributed by atoms with E-state index in [9.17, 15) is 21.6 Å². The van der Waals surface area contributed by atoms with Gasteiger partial charge in [-0.2, -0.15) is 0 Å². The molecular formula is C9H8ClF3O3S. The van der Waals surface area contributed by atoms with E-state index in [1.54, 1.807) is 0 Å². The molecule has 0 aliphatic heterocycles. The van der Waals surface area contributed by atoms with Gasteiger partial charge in [0.1, 0.15) is 10.7 Å². The van der Waals surface area contributed by atoms with Crippen molar-refractivity contribution >= 4 is 19.7 Å². The van der Waals surface area contributed by atoms with Crippen LogP contribution in [-0.2, 0) is 9.05 Å². The van der Waals surface area contributed by atoms with E-state index >= 15 is 0 Å². The molecule has 0 heterocycles. The van der Waals surface area contributed by atoms with Gasteiger partial charge in [0.25, 0.3) is 9.05 Å². The lowest BCUT2D eigenvalue weighted by Gasteiger charge is -2.09. The van der Waals surface area contributed by atoms with Crippen LogP contribution in [0.15, 0.2) is 17.0 Å². The first-order chi connectivity index (χ1) is 7.86. The normalized spacial score (nSPS) is 11.5. The van der Waals surface area contributed by atoms with Gasteiger partial charge in [-0.05, 0) is 6.07 Å². The summed E-state index contributed by atoms with van der Waals surface area (Å²) in [6, 6.07) is 0.993. The summed E-state index contributed by atoms with van der Waals surface area (Å²) in [6.45, 7) is -0.940. The van der Waals surface area contributed by atoms with Gasteiger partial charge in [0, 0.05) is 23.2 Å². The van der Waals surface area contributed by atoms with E-state index < -0.39 is 38.0 Å². The van der Waals surface area contributed by atoms with E-state index in [0.717, 1.165) is 0 Å². The summed E-state index contributed by atoms with van der Waals surface area (Å²) >= 11 is 0. The van der Waals surface area contributed by atoms with Crippen molar-refractivity contribution in [3.05, 3.63) is 23.8 Å². The third-order valence-electron chi connectivity index (χ3n) is 1.76. The molecule has 0 N–H and O–H groups in total. The first-order valence-electron chi connectivity index (χ1n) is 4.48. The molecule has 8 heteroatoms. The van der Waals surface area contributed by atoms with Crippen molar-refractivity contribution in [1.82, 2.24) is 0 Å². The summed E-state index contributed by atoms with van der Waals surface area (Å²) in [4.78, 5) is -0.810. The molecule has 0 radical (unpaired) electrons. The predicted octanol–water partition coefficient (Wildman–Crippen LogP) is 2.63. The summed E-state index contributed by atoms with van der Waals surface area (Å²) in [5.74, 6) is -3.00. The third-order valence-corrected chi connectivity index (χ3v) is 3.09. The van der Waals surface area contributed by atoms with Crippen molar-refractivity contribution in [1.29, 1.82) is 0 Å². The van der Waals surface area contributed by atoms with Gasteiger partial charge in [0.05, 0.1) is 13.3 Å². The molecule has 0 bridgehead atoms. The van der Waals surface area contributed by atoms with E-state index in [1.807, 2.05) is 0 Å². The molecule has 0 aromatic heterocycles. The quantitative estimate of drug-likeness (QED) is 0.618. The maximum atomic E-state index is 13.3. The molecule has 0 spiro atoms. The van der Waals surface area contributed by atoms with Gasteiger partial charge < -0.3 is 4.74 Å². The Labute approximate surface area is 101 Å². The van der Waals surface area contributed by atoms with Crippen LogP contribution >= 0.6 is 10.7 Å². The molecule has 1 rings (SSSR count). The fourth-order valence-electron chi connectivity index (χ4n) is 1.09. The molecule has 1 aromatic rings. The first-order valence-corrected chi connectivity index (χ1v) is 6.79. The van der Waals surface area contributed by atoms with Gasteiger partial charge in [-0.25, -0.2) is 17.2 Å². The Bertz CT molecular complexity index is 504. The average Bonchev–Trinajstić information content (AvgIpc) is 2.19. The smallest absolute Gasteiger partial charge is 0.265 e. The SMILES string of the molecule is O=S(=O)(Cl)c1cc(F)cc(F)c1OCCCF. The maximum Gasteiger partial charge on any atom is 0.265 e. The molecule has 0 aliphatic carbocycles. The topological polar surface area (TPSA) is 43.4 Å². The Hall–Kier alpha value is -0.950. The lowest BCUT2D eigenvalue weighted by molar-refractivity contribution is 0.269. The van der Waals surface area contributed by atoms with Gasteiger partial charge in [-0.15, -0.1) is 0 Å². The Kier molecular flexibility index (Phi) is 4.64. The summed E-state index contributed by atoms with van der Waals surface area (Å²) in [5.41, 5.74) is 0. The molecule has 17 heavy (non-hydrogen) atoms. The highest BCUT2D eigenvalue weighted by Gasteiger charge is 2.22. The highest BCUT2D eigenvalue weighted by molar-refractivity contribution is 8.13. The van der Waals surface area contributed by atoms with E-state index in [-0.39, 0.29) is 13.0 Å². The van der Waals surface area contributed by atoms with Gasteiger partial charge in [0.15, 0.2) is 11.6 Å². The van der Waals surface area contributed by atoms with E-state index in [4.69, 9.17) is 15.4 Å². The minimum Gasteiger partial charge on any atom is -0.489 e. The predicted molar refractivity (Wildman–Crippen MR) is 55.5 cm³/mol. The maximum absolute atomic E-state index is 13.3. The second-order valence-corrected chi connectivity index (χ2v) is 5.58. The number of rotatable bonds is 5. The zero-order valence-electron chi connectivity index (χ0n) is 8.42. The van der Waals surface area contributed by atoms with Crippen LogP contribution in [0.4, 0.5) is 13.2 Å².